The molecule has 0 atom stereocenters. The average Bonchev–Trinajstić information content (AvgIpc) is 2.67. The summed E-state index contributed by atoms with van der Waals surface area (Å²) in [6.07, 6.45) is 1.64. The first-order chi connectivity index (χ1) is 7.69. The lowest BCUT2D eigenvalue weighted by atomic mass is 10.2. The van der Waals surface area contributed by atoms with Crippen molar-refractivity contribution >= 4 is 27.7 Å². The van der Waals surface area contributed by atoms with Crippen molar-refractivity contribution < 1.29 is 4.42 Å². The molecular weight excluding hydrogens is 288 g/mol. The monoisotopic (exact) mass is 298 g/mol. The van der Waals surface area contributed by atoms with Crippen molar-refractivity contribution in [1.82, 2.24) is 4.98 Å². The van der Waals surface area contributed by atoms with Crippen LogP contribution in [0.15, 0.2) is 43.5 Å². The highest BCUT2D eigenvalue weighted by atomic mass is 79.9. The van der Waals surface area contributed by atoms with Crippen LogP contribution in [0.25, 0.3) is 0 Å². The van der Waals surface area contributed by atoms with Gasteiger partial charge in [-0.2, -0.15) is 0 Å². The molecule has 2 N–H and O–H groups in total. The number of hydrogen-bond acceptors (Lipinski definition) is 4. The summed E-state index contributed by atoms with van der Waals surface area (Å²) < 4.78 is 6.30. The third kappa shape index (κ3) is 2.66. The Morgan fingerprint density at radius 2 is 2.31 bits per heavy atom. The molecule has 0 unspecified atom stereocenters. The molecule has 84 valence electrons. The van der Waals surface area contributed by atoms with Gasteiger partial charge in [-0.3, -0.25) is 0 Å². The topological polar surface area (TPSA) is 52.0 Å². The van der Waals surface area contributed by atoms with Gasteiger partial charge < -0.3 is 10.2 Å². The number of aromatic nitrogens is 1. The Morgan fingerprint density at radius 3 is 2.88 bits per heavy atom. The quantitative estimate of drug-likeness (QED) is 0.944. The zero-order chi connectivity index (χ0) is 11.5. The van der Waals surface area contributed by atoms with Crippen LogP contribution in [0.5, 0.6) is 0 Å². The summed E-state index contributed by atoms with van der Waals surface area (Å²) in [5.74, 6) is 0. The van der Waals surface area contributed by atoms with E-state index in [1.807, 2.05) is 25.1 Å². The Balaban J connectivity index is 2.21. The second kappa shape index (κ2) is 5.03. The van der Waals surface area contributed by atoms with Gasteiger partial charge in [0.2, 0.25) is 0 Å². The molecule has 0 aliphatic carbocycles. The van der Waals surface area contributed by atoms with Crippen molar-refractivity contribution in [3.63, 3.8) is 0 Å². The minimum absolute atomic E-state index is 0.543. The smallest absolute Gasteiger partial charge is 0.260 e. The second-order valence-corrected chi connectivity index (χ2v) is 5.17. The van der Waals surface area contributed by atoms with Crippen LogP contribution < -0.4 is 5.73 Å². The van der Waals surface area contributed by atoms with Gasteiger partial charge in [-0.05, 0) is 52.3 Å². The number of nitrogens with zero attached hydrogens (tertiary/aromatic N) is 1. The molecule has 3 nitrogen and oxygen atoms in total. The second-order valence-electron chi connectivity index (χ2n) is 3.33. The standard InChI is InChI=1S/C11H11BrN2OS/c1-7-6-15-11(14-7)16-10-3-2-8(5-13)4-9(10)12/h2-4,6H,5,13H2,1H3. The maximum atomic E-state index is 5.57. The number of nitrogens with two attached hydrogens (primary N) is 1. The Hall–Kier alpha value is -0.780. The highest BCUT2D eigenvalue weighted by Gasteiger charge is 2.07. The Kier molecular flexibility index (Phi) is 3.68. The van der Waals surface area contributed by atoms with Gasteiger partial charge in [0.25, 0.3) is 5.22 Å². The number of hydrogen-bond donors (Lipinski definition) is 1. The van der Waals surface area contributed by atoms with Crippen LogP contribution in [-0.2, 0) is 6.54 Å². The van der Waals surface area contributed by atoms with Crippen LogP contribution in [0.4, 0.5) is 0 Å². The molecule has 0 aliphatic rings. The number of aryl methyl sites for hydroxylation is 1. The lowest BCUT2D eigenvalue weighted by Gasteiger charge is -2.03. The third-order valence-corrected chi connectivity index (χ3v) is 3.88. The predicted octanol–water partition coefficient (Wildman–Crippen LogP) is 3.36. The number of oxazole rings is 1. The average molecular weight is 299 g/mol. The van der Waals surface area contributed by atoms with E-state index in [9.17, 15) is 0 Å². The zero-order valence-electron chi connectivity index (χ0n) is 8.74. The molecule has 5 heteroatoms. The van der Waals surface area contributed by atoms with Crippen molar-refractivity contribution in [3.8, 4) is 0 Å². The first-order valence-electron chi connectivity index (χ1n) is 4.77. The maximum absolute atomic E-state index is 5.57. The number of rotatable bonds is 3. The van der Waals surface area contributed by atoms with Crippen LogP contribution in [0.3, 0.4) is 0 Å². The van der Waals surface area contributed by atoms with E-state index in [1.54, 1.807) is 6.26 Å². The van der Waals surface area contributed by atoms with E-state index in [-0.39, 0.29) is 0 Å². The molecule has 1 aromatic carbocycles. The van der Waals surface area contributed by atoms with Gasteiger partial charge in [-0.15, -0.1) is 0 Å². The number of benzene rings is 1. The van der Waals surface area contributed by atoms with Gasteiger partial charge in [0.05, 0.1) is 5.69 Å². The van der Waals surface area contributed by atoms with Gasteiger partial charge in [0.15, 0.2) is 0 Å². The molecule has 0 bridgehead atoms. The van der Waals surface area contributed by atoms with E-state index in [0.29, 0.717) is 11.8 Å². The summed E-state index contributed by atoms with van der Waals surface area (Å²) in [7, 11) is 0. The van der Waals surface area contributed by atoms with Crippen LogP contribution in [0.1, 0.15) is 11.3 Å². The Morgan fingerprint density at radius 1 is 1.50 bits per heavy atom. The first kappa shape index (κ1) is 11.7. The summed E-state index contributed by atoms with van der Waals surface area (Å²) in [4.78, 5) is 5.31. The summed E-state index contributed by atoms with van der Waals surface area (Å²) in [5.41, 5.74) is 7.55. The fraction of sp³-hybridized carbons (Fsp3) is 0.182. The normalized spacial score (nSPS) is 10.7. The molecule has 1 heterocycles. The number of halogens is 1. The molecule has 0 radical (unpaired) electrons. The lowest BCUT2D eigenvalue weighted by molar-refractivity contribution is 0.454. The fourth-order valence-electron chi connectivity index (χ4n) is 1.23. The van der Waals surface area contributed by atoms with Crippen molar-refractivity contribution in [2.75, 3.05) is 0 Å². The summed E-state index contributed by atoms with van der Waals surface area (Å²) in [5, 5.41) is 0.652. The van der Waals surface area contributed by atoms with Crippen molar-refractivity contribution in [2.24, 2.45) is 5.73 Å². The molecule has 2 rings (SSSR count). The van der Waals surface area contributed by atoms with Crippen molar-refractivity contribution in [1.29, 1.82) is 0 Å². The SMILES string of the molecule is Cc1coc(Sc2ccc(CN)cc2Br)n1. The van der Waals surface area contributed by atoms with Crippen LogP contribution in [0, 0.1) is 6.92 Å². The molecule has 0 fully saturated rings. The maximum Gasteiger partial charge on any atom is 0.260 e. The highest BCUT2D eigenvalue weighted by Crippen LogP contribution is 2.33. The molecule has 1 aromatic heterocycles. The Labute approximate surface area is 107 Å². The molecule has 0 saturated carbocycles. The van der Waals surface area contributed by atoms with E-state index < -0.39 is 0 Å². The molecule has 0 spiro atoms. The molecular formula is C11H11BrN2OS. The van der Waals surface area contributed by atoms with Crippen molar-refractivity contribution in [2.45, 2.75) is 23.6 Å². The minimum atomic E-state index is 0.543. The molecule has 2 aromatic rings. The largest absolute Gasteiger partial charge is 0.439 e. The van der Waals surface area contributed by atoms with Crippen molar-refractivity contribution in [3.05, 3.63) is 40.2 Å². The summed E-state index contributed by atoms with van der Waals surface area (Å²) in [6, 6.07) is 6.03. The van der Waals surface area contributed by atoms with Crippen LogP contribution >= 0.6 is 27.7 Å². The minimum Gasteiger partial charge on any atom is -0.439 e. The lowest BCUT2D eigenvalue weighted by Crippen LogP contribution is -1.95. The summed E-state index contributed by atoms with van der Waals surface area (Å²) >= 11 is 5.00. The molecule has 16 heavy (non-hydrogen) atoms. The van der Waals surface area contributed by atoms with Gasteiger partial charge in [-0.25, -0.2) is 4.98 Å². The van der Waals surface area contributed by atoms with Crippen LogP contribution in [0.2, 0.25) is 0 Å². The molecule has 0 saturated heterocycles. The van der Waals surface area contributed by atoms with Gasteiger partial charge in [0.1, 0.15) is 6.26 Å². The molecule has 0 aliphatic heterocycles. The zero-order valence-corrected chi connectivity index (χ0v) is 11.1. The summed E-state index contributed by atoms with van der Waals surface area (Å²) in [6.45, 7) is 2.45. The van der Waals surface area contributed by atoms with E-state index >= 15 is 0 Å². The van der Waals surface area contributed by atoms with E-state index in [1.165, 1.54) is 11.8 Å². The Bertz CT molecular complexity index is 498. The predicted molar refractivity (Wildman–Crippen MR) is 67.4 cm³/mol. The van der Waals surface area contributed by atoms with E-state index in [4.69, 9.17) is 10.2 Å². The van der Waals surface area contributed by atoms with Gasteiger partial charge in [0, 0.05) is 15.9 Å². The highest BCUT2D eigenvalue weighted by molar-refractivity contribution is 9.10. The fourth-order valence-corrected chi connectivity index (χ4v) is 2.66. The van der Waals surface area contributed by atoms with E-state index in [2.05, 4.69) is 20.9 Å². The molecule has 0 amide bonds. The van der Waals surface area contributed by atoms with Gasteiger partial charge >= 0.3 is 0 Å². The third-order valence-electron chi connectivity index (χ3n) is 2.03. The van der Waals surface area contributed by atoms with E-state index in [0.717, 1.165) is 20.6 Å². The van der Waals surface area contributed by atoms with Crippen LogP contribution in [-0.4, -0.2) is 4.98 Å². The first-order valence-corrected chi connectivity index (χ1v) is 6.38. The van der Waals surface area contributed by atoms with Gasteiger partial charge in [-0.1, -0.05) is 6.07 Å².